The van der Waals surface area contributed by atoms with Crippen LogP contribution >= 0.6 is 0 Å². The lowest BCUT2D eigenvalue weighted by Crippen LogP contribution is -2.45. The number of piperidine rings is 1. The fourth-order valence-electron chi connectivity index (χ4n) is 5.72. The van der Waals surface area contributed by atoms with Gasteiger partial charge in [0, 0.05) is 42.4 Å². The Labute approximate surface area is 220 Å². The summed E-state index contributed by atoms with van der Waals surface area (Å²) in [5, 5.41) is 8.46. The smallest absolute Gasteiger partial charge is 0.281 e. The number of ether oxygens (including phenoxy) is 1. The van der Waals surface area contributed by atoms with Gasteiger partial charge in [-0.2, -0.15) is 0 Å². The van der Waals surface area contributed by atoms with E-state index in [4.69, 9.17) is 9.72 Å². The number of likely N-dealkylation sites (tertiary alicyclic amines) is 1. The van der Waals surface area contributed by atoms with Gasteiger partial charge in [0.25, 0.3) is 5.91 Å². The molecule has 1 N–H and O–H groups in total. The first-order chi connectivity index (χ1) is 18.5. The van der Waals surface area contributed by atoms with Gasteiger partial charge in [-0.15, -0.1) is 5.10 Å². The largest absolute Gasteiger partial charge is 0.480 e. The van der Waals surface area contributed by atoms with E-state index in [-0.39, 0.29) is 6.04 Å². The summed E-state index contributed by atoms with van der Waals surface area (Å²) in [6, 6.07) is 21.1. The number of methoxy groups -OCH3 is 1. The Morgan fingerprint density at radius 2 is 1.84 bits per heavy atom. The van der Waals surface area contributed by atoms with Crippen molar-refractivity contribution in [3.63, 3.8) is 0 Å². The van der Waals surface area contributed by atoms with Crippen LogP contribution in [0.15, 0.2) is 73.1 Å². The highest BCUT2D eigenvalue weighted by molar-refractivity contribution is 5.90. The van der Waals surface area contributed by atoms with E-state index in [1.54, 1.807) is 12.0 Å². The predicted octanol–water partition coefficient (Wildman–Crippen LogP) is 5.12. The fourth-order valence-corrected chi connectivity index (χ4v) is 5.72. The number of imidazole rings is 1. The van der Waals surface area contributed by atoms with Crippen molar-refractivity contribution in [2.75, 3.05) is 20.2 Å². The summed E-state index contributed by atoms with van der Waals surface area (Å²) >= 11 is 0. The molecule has 2 aliphatic rings. The number of carbonyl (C=O) groups excluding carboxylic acids is 1. The average Bonchev–Trinajstić information content (AvgIpc) is 3.54. The van der Waals surface area contributed by atoms with Crippen molar-refractivity contribution in [2.24, 2.45) is 0 Å². The number of nitrogens with one attached hydrogen (secondary N) is 1. The molecule has 0 unspecified atom stereocenters. The molecule has 1 aliphatic heterocycles. The van der Waals surface area contributed by atoms with Gasteiger partial charge in [0.05, 0.1) is 12.8 Å². The maximum atomic E-state index is 13.2. The van der Waals surface area contributed by atoms with E-state index in [0.29, 0.717) is 25.0 Å². The summed E-state index contributed by atoms with van der Waals surface area (Å²) in [4.78, 5) is 18.4. The fraction of sp³-hybridized carbons (Fsp3) is 0.300. The summed E-state index contributed by atoms with van der Waals surface area (Å²) in [7, 11) is 1.61. The lowest BCUT2D eigenvalue weighted by atomic mass is 9.99. The van der Waals surface area contributed by atoms with Crippen LogP contribution in [-0.2, 0) is 11.2 Å². The van der Waals surface area contributed by atoms with Crippen molar-refractivity contribution < 1.29 is 13.9 Å². The molecular formula is C30H30FN5O2. The summed E-state index contributed by atoms with van der Waals surface area (Å²) in [5.41, 5.74) is 7.33. The van der Waals surface area contributed by atoms with E-state index in [2.05, 4.69) is 47.3 Å². The molecule has 3 heterocycles. The molecule has 2 aromatic heterocycles. The molecule has 6 rings (SSSR count). The molecule has 1 fully saturated rings. The number of halogens is 1. The van der Waals surface area contributed by atoms with E-state index in [0.717, 1.165) is 53.8 Å². The van der Waals surface area contributed by atoms with Gasteiger partial charge in [-0.25, -0.2) is 13.9 Å². The number of aryl methyl sites for hydroxylation is 1. The number of rotatable bonds is 6. The molecule has 8 heteroatoms. The first-order valence-corrected chi connectivity index (χ1v) is 13.0. The third-order valence-corrected chi connectivity index (χ3v) is 7.65. The van der Waals surface area contributed by atoms with Crippen LogP contribution in [0.25, 0.3) is 28.2 Å². The molecule has 0 saturated carbocycles. The van der Waals surface area contributed by atoms with Gasteiger partial charge in [0.1, 0.15) is 5.69 Å². The van der Waals surface area contributed by atoms with Crippen molar-refractivity contribution in [2.45, 2.75) is 37.8 Å². The topological polar surface area (TPSA) is 71.8 Å². The summed E-state index contributed by atoms with van der Waals surface area (Å²) in [5.74, 6) is -0.933. The number of nitrogens with zero attached hydrogens (tertiary/aromatic N) is 4. The average molecular weight is 512 g/mol. The second-order valence-corrected chi connectivity index (χ2v) is 9.96. The molecule has 0 bridgehead atoms. The zero-order valence-electron chi connectivity index (χ0n) is 21.4. The Hall–Kier alpha value is -4.04. The monoisotopic (exact) mass is 511 g/mol. The number of amides is 1. The third-order valence-electron chi connectivity index (χ3n) is 7.65. The van der Waals surface area contributed by atoms with Crippen molar-refractivity contribution in [1.29, 1.82) is 0 Å². The van der Waals surface area contributed by atoms with Crippen LogP contribution in [0.5, 0.6) is 5.88 Å². The summed E-state index contributed by atoms with van der Waals surface area (Å²) < 4.78 is 20.5. The SMILES string of the molecule is C=C(F)C(=O)N1CCC(N[C@H]2CCc3cc(-c4nc5ccc(OC)nn5c4-c4ccccc4)ccc32)CC1. The second kappa shape index (κ2) is 10.0. The predicted molar refractivity (Wildman–Crippen MR) is 144 cm³/mol. The molecule has 4 aromatic rings. The number of hydrogen-bond donors (Lipinski definition) is 1. The van der Waals surface area contributed by atoms with E-state index in [1.807, 2.05) is 34.8 Å². The molecule has 2 aromatic carbocycles. The van der Waals surface area contributed by atoms with E-state index >= 15 is 0 Å². The van der Waals surface area contributed by atoms with Crippen molar-refractivity contribution in [3.8, 4) is 28.4 Å². The number of hydrogen-bond acceptors (Lipinski definition) is 5. The molecule has 38 heavy (non-hydrogen) atoms. The molecule has 1 amide bonds. The Morgan fingerprint density at radius 1 is 1.05 bits per heavy atom. The second-order valence-electron chi connectivity index (χ2n) is 9.96. The van der Waals surface area contributed by atoms with E-state index in [9.17, 15) is 9.18 Å². The highest BCUT2D eigenvalue weighted by atomic mass is 19.1. The number of aromatic nitrogens is 3. The zero-order valence-corrected chi connectivity index (χ0v) is 21.4. The maximum absolute atomic E-state index is 13.2. The third kappa shape index (κ3) is 4.45. The van der Waals surface area contributed by atoms with Gasteiger partial charge in [-0.3, -0.25) is 4.79 Å². The maximum Gasteiger partial charge on any atom is 0.281 e. The number of carbonyl (C=O) groups is 1. The Morgan fingerprint density at radius 3 is 2.58 bits per heavy atom. The quantitative estimate of drug-likeness (QED) is 0.364. The number of fused-ring (bicyclic) bond motifs is 2. The van der Waals surface area contributed by atoms with Crippen LogP contribution < -0.4 is 10.1 Å². The van der Waals surface area contributed by atoms with Crippen LogP contribution in [0.1, 0.15) is 36.4 Å². The first kappa shape index (κ1) is 24.3. The standard InChI is InChI=1S/C30H30FN5O2/c1-19(31)30(37)35-16-14-23(15-17-35)32-25-11-9-21-18-22(8-10-24(21)25)28-29(20-6-4-3-5-7-20)36-26(33-28)12-13-27(34-36)38-2/h3-8,10,12-13,18,23,25,32H,1,9,11,14-17H2,2H3/t25-/m0/s1. The minimum absolute atomic E-state index is 0.267. The molecule has 7 nitrogen and oxygen atoms in total. The van der Waals surface area contributed by atoms with Gasteiger partial charge in [-0.05, 0) is 48.9 Å². The van der Waals surface area contributed by atoms with E-state index < -0.39 is 11.7 Å². The van der Waals surface area contributed by atoms with E-state index in [1.165, 1.54) is 11.1 Å². The van der Waals surface area contributed by atoms with Crippen LogP contribution in [0.2, 0.25) is 0 Å². The first-order valence-electron chi connectivity index (χ1n) is 13.0. The van der Waals surface area contributed by atoms with Crippen molar-refractivity contribution in [1.82, 2.24) is 24.8 Å². The molecule has 1 saturated heterocycles. The van der Waals surface area contributed by atoms with Crippen LogP contribution in [0, 0.1) is 0 Å². The lowest BCUT2D eigenvalue weighted by Gasteiger charge is -2.33. The summed E-state index contributed by atoms with van der Waals surface area (Å²) in [6.07, 6.45) is 3.62. The summed E-state index contributed by atoms with van der Waals surface area (Å²) in [6.45, 7) is 4.24. The minimum Gasteiger partial charge on any atom is -0.480 e. The Kier molecular flexibility index (Phi) is 6.41. The highest BCUT2D eigenvalue weighted by Gasteiger charge is 2.29. The van der Waals surface area contributed by atoms with Crippen LogP contribution in [-0.4, -0.2) is 51.6 Å². The Bertz CT molecular complexity index is 1510. The van der Waals surface area contributed by atoms with Gasteiger partial charge < -0.3 is 15.0 Å². The van der Waals surface area contributed by atoms with Crippen molar-refractivity contribution in [3.05, 3.63) is 84.2 Å². The number of benzene rings is 2. The zero-order chi connectivity index (χ0) is 26.2. The van der Waals surface area contributed by atoms with Gasteiger partial charge in [0.2, 0.25) is 5.88 Å². The highest BCUT2D eigenvalue weighted by Crippen LogP contribution is 2.38. The molecular weight excluding hydrogens is 481 g/mol. The van der Waals surface area contributed by atoms with Crippen LogP contribution in [0.3, 0.4) is 0 Å². The van der Waals surface area contributed by atoms with Gasteiger partial charge in [-0.1, -0.05) is 49.0 Å². The molecule has 194 valence electrons. The molecule has 1 atom stereocenters. The normalized spacial score (nSPS) is 17.5. The molecule has 1 aliphatic carbocycles. The molecule has 0 radical (unpaired) electrons. The Balaban J connectivity index is 1.27. The molecule has 0 spiro atoms. The van der Waals surface area contributed by atoms with Crippen LogP contribution in [0.4, 0.5) is 4.39 Å². The van der Waals surface area contributed by atoms with Gasteiger partial charge in [0.15, 0.2) is 11.5 Å². The lowest BCUT2D eigenvalue weighted by molar-refractivity contribution is -0.129. The minimum atomic E-state index is -0.882. The van der Waals surface area contributed by atoms with Crippen molar-refractivity contribution >= 4 is 11.6 Å². The van der Waals surface area contributed by atoms with Gasteiger partial charge >= 0.3 is 0 Å².